The predicted octanol–water partition coefficient (Wildman–Crippen LogP) is 26.2. The molecule has 6 nitrogen and oxygen atoms in total. The number of fused-ring (bicyclic) bond motifs is 16. The lowest BCUT2D eigenvalue weighted by Gasteiger charge is -2.53. The van der Waals surface area contributed by atoms with Crippen molar-refractivity contribution in [2.24, 2.45) is 23.2 Å². The maximum atomic E-state index is 12.1. The first kappa shape index (κ1) is 51.1. The minimum absolute atomic E-state index is 0.0183. The van der Waals surface area contributed by atoms with E-state index in [0.717, 1.165) is 77.5 Å². The Labute approximate surface area is 661 Å². The van der Waals surface area contributed by atoms with E-state index in [-0.39, 0.29) is 136 Å². The van der Waals surface area contributed by atoms with Crippen LogP contribution in [0.4, 0.5) is 28.4 Å². The van der Waals surface area contributed by atoms with Crippen molar-refractivity contribution in [3.8, 4) is 33.6 Å². The van der Waals surface area contributed by atoms with Crippen LogP contribution in [0.3, 0.4) is 0 Å². The maximum absolute atomic E-state index is 12.1. The van der Waals surface area contributed by atoms with Crippen molar-refractivity contribution in [2.45, 2.75) is 131 Å². The summed E-state index contributed by atoms with van der Waals surface area (Å²) in [7, 11) is 0. The minimum Gasteiger partial charge on any atom is -0.456 e. The van der Waals surface area contributed by atoms with Crippen molar-refractivity contribution in [3.05, 3.63) is 289 Å². The zero-order valence-corrected chi connectivity index (χ0v) is 62.8. The first-order valence-corrected chi connectivity index (χ1v) is 38.8. The molecule has 534 valence electrons. The highest BCUT2D eigenvalue weighted by Gasteiger charge is 2.51. The van der Waals surface area contributed by atoms with Crippen molar-refractivity contribution < 1.29 is 30.8 Å². The van der Waals surface area contributed by atoms with Crippen molar-refractivity contribution >= 4 is 139 Å². The second-order valence-electron chi connectivity index (χ2n) is 34.0. The van der Waals surface area contributed by atoms with Gasteiger partial charge in [0.15, 0.2) is 0 Å². The Morgan fingerprint density at radius 3 is 1.56 bits per heavy atom. The Bertz CT molecular complexity index is 7500. The van der Waals surface area contributed by atoms with Crippen LogP contribution >= 0.6 is 0 Å². The molecule has 0 saturated heterocycles. The third-order valence-corrected chi connectivity index (χ3v) is 24.4. The van der Waals surface area contributed by atoms with Crippen LogP contribution in [0.15, 0.2) is 287 Å². The Morgan fingerprint density at radius 1 is 0.468 bits per heavy atom. The van der Waals surface area contributed by atoms with Crippen LogP contribution in [0.2, 0.25) is 0 Å². The molecular formula is C102H91BN4O2. The standard InChI is InChI=1S/C102H91BN4O2/c1-100(2,3)66-50-75(62-30-14-10-15-31-62)98(76(51-66)63-32-16-11-17-33-63)106-89-56-69(104-85-42-26-22-38-71(85)79-58-81-73-40-24-28-44-93(73)108-95(81)60-87(79)104)46-48-83(89)103-84-49-47-70(105-86-43-27-23-39-72(86)80-59-82-74-41-25-29-45-94(74)109-96(82)61-88(80)105)57-90(84)107(92-55-68(102(7,8)9)54-91(106)97(92)103)99-77(64-34-18-12-19-35-64)52-67(101(4,5)6)53-78(99)65-36-20-13-21-37-65/h10-12,14-18,22-33,36,38-52,54-61,64,67,78,99H,13,19-21,34-35,37,53H2,1-9H3/i22D,23D,26D,27D,38D,39D,42D,43D,46D,47D,48D,49D,56D,57D,58D,59D. The number of hydrogen-bond donors (Lipinski definition) is 0. The number of benzene rings is 12. The Hall–Kier alpha value is -11.3. The third-order valence-electron chi connectivity index (χ3n) is 24.4. The molecule has 6 heterocycles. The molecule has 109 heavy (non-hydrogen) atoms. The molecule has 4 unspecified atom stereocenters. The van der Waals surface area contributed by atoms with Gasteiger partial charge in [0.05, 0.1) is 55.7 Å². The second kappa shape index (κ2) is 24.6. The number of hydrogen-bond acceptors (Lipinski definition) is 4. The first-order valence-electron chi connectivity index (χ1n) is 46.8. The molecule has 2 aliphatic heterocycles. The van der Waals surface area contributed by atoms with Gasteiger partial charge in [0, 0.05) is 106 Å². The summed E-state index contributed by atoms with van der Waals surface area (Å²) < 4.78 is 185. The van der Waals surface area contributed by atoms with E-state index in [4.69, 9.17) is 8.83 Å². The molecule has 0 N–H and O–H groups in total. The highest BCUT2D eigenvalue weighted by Crippen LogP contribution is 2.57. The fourth-order valence-corrected chi connectivity index (χ4v) is 18.8. The molecule has 0 radical (unpaired) electrons. The Balaban J connectivity index is 0.994. The quantitative estimate of drug-likeness (QED) is 0.112. The van der Waals surface area contributed by atoms with Gasteiger partial charge >= 0.3 is 0 Å². The van der Waals surface area contributed by atoms with Gasteiger partial charge in [-0.3, -0.25) is 0 Å². The second-order valence-corrected chi connectivity index (χ2v) is 34.0. The molecule has 4 aromatic heterocycles. The molecule has 0 spiro atoms. The maximum Gasteiger partial charge on any atom is 0.252 e. The van der Waals surface area contributed by atoms with E-state index in [1.54, 1.807) is 24.3 Å². The third kappa shape index (κ3) is 10.4. The molecule has 4 atom stereocenters. The van der Waals surface area contributed by atoms with Crippen LogP contribution in [-0.2, 0) is 10.8 Å². The van der Waals surface area contributed by atoms with Gasteiger partial charge in [0.1, 0.15) is 22.3 Å². The lowest BCUT2D eigenvalue weighted by Crippen LogP contribution is -2.64. The van der Waals surface area contributed by atoms with Crippen molar-refractivity contribution in [1.29, 1.82) is 0 Å². The Morgan fingerprint density at radius 2 is 1.01 bits per heavy atom. The highest BCUT2D eigenvalue weighted by molar-refractivity contribution is 7.00. The van der Waals surface area contributed by atoms with Crippen LogP contribution in [0.5, 0.6) is 0 Å². The van der Waals surface area contributed by atoms with Crippen LogP contribution < -0.4 is 26.2 Å². The molecule has 12 aromatic carbocycles. The van der Waals surface area contributed by atoms with Crippen molar-refractivity contribution in [1.82, 2.24) is 9.13 Å². The van der Waals surface area contributed by atoms with Crippen molar-refractivity contribution in [2.75, 3.05) is 9.80 Å². The lowest BCUT2D eigenvalue weighted by molar-refractivity contribution is 0.220. The molecule has 7 heteroatoms. The highest BCUT2D eigenvalue weighted by atomic mass is 16.3. The van der Waals surface area contributed by atoms with Gasteiger partial charge in [-0.25, -0.2) is 0 Å². The molecule has 0 bridgehead atoms. The average molecular weight is 1430 g/mol. The molecule has 3 aliphatic carbocycles. The summed E-state index contributed by atoms with van der Waals surface area (Å²) in [6, 6.07) is 39.3. The van der Waals surface area contributed by atoms with E-state index >= 15 is 0 Å². The molecule has 0 amide bonds. The number of rotatable bonds is 8. The van der Waals surface area contributed by atoms with Crippen LogP contribution in [0.25, 0.3) is 121 Å². The first-order chi connectivity index (χ1) is 59.7. The van der Waals surface area contributed by atoms with Gasteiger partial charge in [-0.1, -0.05) is 238 Å². The number of nitrogens with zero attached hydrogens (tertiary/aromatic N) is 4. The molecule has 0 fully saturated rings. The summed E-state index contributed by atoms with van der Waals surface area (Å²) in [4.78, 5) is 4.43. The molecule has 5 aliphatic rings. The number of allylic oxidation sites excluding steroid dienone is 4. The summed E-state index contributed by atoms with van der Waals surface area (Å²) in [5.74, 6) is -0.263. The van der Waals surface area contributed by atoms with E-state index in [2.05, 4.69) is 145 Å². The van der Waals surface area contributed by atoms with E-state index in [0.29, 0.717) is 68.1 Å². The van der Waals surface area contributed by atoms with Crippen molar-refractivity contribution in [3.63, 3.8) is 0 Å². The van der Waals surface area contributed by atoms with Crippen LogP contribution in [0, 0.1) is 23.2 Å². The largest absolute Gasteiger partial charge is 0.456 e. The average Bonchev–Trinajstić information content (AvgIpc) is 1.60. The number of aromatic nitrogens is 2. The van der Waals surface area contributed by atoms with E-state index in [9.17, 15) is 21.9 Å². The lowest BCUT2D eigenvalue weighted by atomic mass is 9.33. The van der Waals surface area contributed by atoms with Gasteiger partial charge in [-0.05, 0) is 208 Å². The SMILES string of the molecule is [2H]c1c([2H])c(-n2c3cc4oc5ccccc5c4c([2H])c3c3c([2H])c([2H])c([2H])c([2H])c32)c([2H])c2c1B1c3c(cc(C(C)(C)C)cc3N(C3C(C4CC=CCC4)=CC(C(C)(C)C)CC3C3=CCCCC3)c3c([2H])c(-n4c5cc6oc7ccccc7c6c([2H])c5c5c([2H])c([2H])c([2H])c([2H])c54)c([2H])c([2H])c31)N2c1c(-c2ccccc2)cc(C(C)(C)C)cc1-c1ccccc1. The summed E-state index contributed by atoms with van der Waals surface area (Å²) in [6.07, 6.45) is 16.1. The van der Waals surface area contributed by atoms with Gasteiger partial charge in [0.25, 0.3) is 6.71 Å². The van der Waals surface area contributed by atoms with Gasteiger partial charge in [-0.15, -0.1) is 0 Å². The smallest absolute Gasteiger partial charge is 0.252 e. The molecule has 0 saturated carbocycles. The van der Waals surface area contributed by atoms with E-state index in [1.165, 1.54) is 14.7 Å². The topological polar surface area (TPSA) is 42.6 Å². The molecule has 16 aromatic rings. The minimum atomic E-state index is -1.41. The molecule has 21 rings (SSSR count). The normalized spacial score (nSPS) is 20.3. The summed E-state index contributed by atoms with van der Waals surface area (Å²) in [5, 5.41) is 2.14. The fraction of sp³-hybridized carbons (Fsp3) is 0.235. The van der Waals surface area contributed by atoms with Gasteiger partial charge in [-0.2, -0.15) is 0 Å². The summed E-state index contributed by atoms with van der Waals surface area (Å²) in [6.45, 7) is 18.5. The summed E-state index contributed by atoms with van der Waals surface area (Å²) in [5.41, 5.74) is 9.48. The summed E-state index contributed by atoms with van der Waals surface area (Å²) >= 11 is 0. The van der Waals surface area contributed by atoms with Crippen LogP contribution in [-0.4, -0.2) is 21.9 Å². The zero-order chi connectivity index (χ0) is 87.4. The molecular weight excluding hydrogens is 1320 g/mol. The fourth-order valence-electron chi connectivity index (χ4n) is 18.8. The number of furan rings is 2. The van der Waals surface area contributed by atoms with Crippen LogP contribution in [0.1, 0.15) is 147 Å². The van der Waals surface area contributed by atoms with E-state index in [1.807, 2.05) is 72.8 Å². The van der Waals surface area contributed by atoms with Gasteiger partial charge < -0.3 is 27.8 Å². The number of para-hydroxylation sites is 4. The number of anilines is 5. The zero-order valence-electron chi connectivity index (χ0n) is 78.8. The predicted molar refractivity (Wildman–Crippen MR) is 462 cm³/mol. The van der Waals surface area contributed by atoms with E-state index < -0.39 is 96.1 Å². The Kier molecular flexibility index (Phi) is 11.5. The monoisotopic (exact) mass is 1430 g/mol. The van der Waals surface area contributed by atoms with Gasteiger partial charge in [0.2, 0.25) is 0 Å².